The highest BCUT2D eigenvalue weighted by molar-refractivity contribution is 5.74. The zero-order valence-corrected chi connectivity index (χ0v) is 8.52. The zero-order chi connectivity index (χ0) is 10.8. The zero-order valence-electron chi connectivity index (χ0n) is 8.52. The second-order valence-electron chi connectivity index (χ2n) is 4.14. The summed E-state index contributed by atoms with van der Waals surface area (Å²) in [5.74, 6) is -0.985. The molecule has 0 aromatic carbocycles. The maximum atomic E-state index is 11.0. The summed E-state index contributed by atoms with van der Waals surface area (Å²) in [6.07, 6.45) is 0.130. The number of carboxylic acids is 1. The number of aliphatic hydroxyl groups excluding tert-OH is 1. The Kier molecular flexibility index (Phi) is 3.20. The Morgan fingerprint density at radius 2 is 2.13 bits per heavy atom. The molecule has 6 heteroatoms. The van der Waals surface area contributed by atoms with Gasteiger partial charge in [0.25, 0.3) is 0 Å². The first kappa shape index (κ1) is 10.8. The molecule has 86 valence electrons. The Morgan fingerprint density at radius 1 is 1.47 bits per heavy atom. The van der Waals surface area contributed by atoms with Crippen molar-refractivity contribution in [2.45, 2.75) is 24.7 Å². The first-order valence-corrected chi connectivity index (χ1v) is 5.30. The predicted molar refractivity (Wildman–Crippen MR) is 53.4 cm³/mol. The van der Waals surface area contributed by atoms with Crippen LogP contribution in [0.15, 0.2) is 0 Å². The SMILES string of the molecule is O=C(O)[C@@H](NC1CNC1)C(O)N1CCC1. The van der Waals surface area contributed by atoms with Crippen molar-refractivity contribution in [1.29, 1.82) is 0 Å². The molecule has 0 bridgehead atoms. The Balaban J connectivity index is 1.88. The maximum Gasteiger partial charge on any atom is 0.324 e. The summed E-state index contributed by atoms with van der Waals surface area (Å²) in [5.41, 5.74) is 0. The van der Waals surface area contributed by atoms with E-state index in [9.17, 15) is 9.90 Å². The van der Waals surface area contributed by atoms with Gasteiger partial charge in [-0.2, -0.15) is 0 Å². The molecule has 4 N–H and O–H groups in total. The maximum absolute atomic E-state index is 11.0. The monoisotopic (exact) mass is 215 g/mol. The largest absolute Gasteiger partial charge is 0.480 e. The number of aliphatic carboxylic acids is 1. The Hall–Kier alpha value is -0.690. The number of likely N-dealkylation sites (tertiary alicyclic amines) is 1. The fourth-order valence-electron chi connectivity index (χ4n) is 1.76. The number of hydrogen-bond donors (Lipinski definition) is 4. The molecule has 0 aromatic rings. The highest BCUT2D eigenvalue weighted by Crippen LogP contribution is 2.13. The summed E-state index contributed by atoms with van der Waals surface area (Å²) in [6.45, 7) is 3.12. The van der Waals surface area contributed by atoms with Gasteiger partial charge in [0.15, 0.2) is 0 Å². The molecule has 2 aliphatic heterocycles. The molecule has 0 spiro atoms. The van der Waals surface area contributed by atoms with Gasteiger partial charge in [-0.25, -0.2) is 0 Å². The van der Waals surface area contributed by atoms with Gasteiger partial charge in [-0.15, -0.1) is 0 Å². The number of nitrogens with zero attached hydrogens (tertiary/aromatic N) is 1. The van der Waals surface area contributed by atoms with E-state index in [0.717, 1.165) is 32.6 Å². The van der Waals surface area contributed by atoms with Crippen molar-refractivity contribution in [3.05, 3.63) is 0 Å². The number of rotatable bonds is 5. The lowest BCUT2D eigenvalue weighted by Gasteiger charge is -2.40. The van der Waals surface area contributed by atoms with Gasteiger partial charge in [-0.1, -0.05) is 0 Å². The highest BCUT2D eigenvalue weighted by atomic mass is 16.4. The molecule has 0 radical (unpaired) electrons. The number of hydrogen-bond acceptors (Lipinski definition) is 5. The molecule has 2 atom stereocenters. The van der Waals surface area contributed by atoms with Crippen LogP contribution in [0.4, 0.5) is 0 Å². The van der Waals surface area contributed by atoms with Crippen LogP contribution < -0.4 is 10.6 Å². The van der Waals surface area contributed by atoms with Gasteiger partial charge in [-0.3, -0.25) is 15.0 Å². The molecule has 1 unspecified atom stereocenters. The van der Waals surface area contributed by atoms with Gasteiger partial charge >= 0.3 is 5.97 Å². The summed E-state index contributed by atoms with van der Waals surface area (Å²) >= 11 is 0. The lowest BCUT2D eigenvalue weighted by molar-refractivity contribution is -0.150. The Labute approximate surface area is 88.3 Å². The smallest absolute Gasteiger partial charge is 0.324 e. The summed E-state index contributed by atoms with van der Waals surface area (Å²) in [6, 6.07) is -0.709. The fourth-order valence-corrected chi connectivity index (χ4v) is 1.76. The van der Waals surface area contributed by atoms with E-state index in [1.54, 1.807) is 4.90 Å². The van der Waals surface area contributed by atoms with Gasteiger partial charge in [0.1, 0.15) is 12.3 Å². The average Bonchev–Trinajstić information content (AvgIpc) is 1.97. The van der Waals surface area contributed by atoms with Gasteiger partial charge in [0.05, 0.1) is 0 Å². The van der Waals surface area contributed by atoms with Crippen molar-refractivity contribution in [3.8, 4) is 0 Å². The molecule has 2 fully saturated rings. The number of nitrogens with one attached hydrogen (secondary N) is 2. The van der Waals surface area contributed by atoms with Gasteiger partial charge < -0.3 is 15.5 Å². The lowest BCUT2D eigenvalue weighted by atomic mass is 10.1. The standard InChI is InChI=1S/C9H17N3O3/c13-8(12-2-1-3-12)7(9(14)15)11-6-4-10-5-6/h6-8,10-11,13H,1-5H2,(H,14,15)/t7-,8?/m0/s1. The second kappa shape index (κ2) is 4.44. The predicted octanol–water partition coefficient (Wildman–Crippen LogP) is -1.97. The van der Waals surface area contributed by atoms with E-state index in [-0.39, 0.29) is 6.04 Å². The van der Waals surface area contributed by atoms with Crippen LogP contribution in [0.3, 0.4) is 0 Å². The van der Waals surface area contributed by atoms with Crippen molar-refractivity contribution >= 4 is 5.97 Å². The number of carbonyl (C=O) groups is 1. The van der Waals surface area contributed by atoms with Crippen molar-refractivity contribution in [2.24, 2.45) is 0 Å². The van der Waals surface area contributed by atoms with Gasteiger partial charge in [0, 0.05) is 32.2 Å². The molecule has 6 nitrogen and oxygen atoms in total. The van der Waals surface area contributed by atoms with Crippen molar-refractivity contribution in [1.82, 2.24) is 15.5 Å². The first-order chi connectivity index (χ1) is 7.18. The van der Waals surface area contributed by atoms with E-state index in [0.29, 0.717) is 0 Å². The molecular weight excluding hydrogens is 198 g/mol. The van der Waals surface area contributed by atoms with E-state index < -0.39 is 18.2 Å². The molecule has 2 heterocycles. The Morgan fingerprint density at radius 3 is 2.47 bits per heavy atom. The molecular formula is C9H17N3O3. The second-order valence-corrected chi connectivity index (χ2v) is 4.14. The van der Waals surface area contributed by atoms with Crippen LogP contribution in [0.1, 0.15) is 6.42 Å². The summed E-state index contributed by atoms with van der Waals surface area (Å²) < 4.78 is 0. The normalized spacial score (nSPS) is 26.5. The molecule has 0 aliphatic carbocycles. The van der Waals surface area contributed by atoms with Crippen LogP contribution in [0.5, 0.6) is 0 Å². The first-order valence-electron chi connectivity index (χ1n) is 5.30. The minimum atomic E-state index is -0.985. The van der Waals surface area contributed by atoms with E-state index in [1.165, 1.54) is 0 Å². The minimum absolute atomic E-state index is 0.169. The van der Waals surface area contributed by atoms with Crippen molar-refractivity contribution < 1.29 is 15.0 Å². The Bertz CT molecular complexity index is 241. The third-order valence-corrected chi connectivity index (χ3v) is 3.03. The van der Waals surface area contributed by atoms with E-state index in [4.69, 9.17) is 5.11 Å². The minimum Gasteiger partial charge on any atom is -0.480 e. The molecule has 15 heavy (non-hydrogen) atoms. The molecule has 2 aliphatic rings. The molecule has 0 saturated carbocycles. The summed E-state index contributed by atoms with van der Waals surface area (Å²) in [7, 11) is 0. The van der Waals surface area contributed by atoms with Crippen LogP contribution in [0.2, 0.25) is 0 Å². The quantitative estimate of drug-likeness (QED) is 0.425. The van der Waals surface area contributed by atoms with Crippen molar-refractivity contribution in [2.75, 3.05) is 26.2 Å². The highest BCUT2D eigenvalue weighted by Gasteiger charge is 2.36. The average molecular weight is 215 g/mol. The topological polar surface area (TPSA) is 84.8 Å². The van der Waals surface area contributed by atoms with E-state index in [2.05, 4.69) is 10.6 Å². The van der Waals surface area contributed by atoms with Gasteiger partial charge in [0.2, 0.25) is 0 Å². The number of aliphatic hydroxyl groups is 1. The van der Waals surface area contributed by atoms with Crippen LogP contribution in [0, 0.1) is 0 Å². The fraction of sp³-hybridized carbons (Fsp3) is 0.889. The van der Waals surface area contributed by atoms with Crippen LogP contribution in [-0.4, -0.2) is 65.6 Å². The third-order valence-electron chi connectivity index (χ3n) is 3.03. The molecule has 0 aromatic heterocycles. The summed E-state index contributed by atoms with van der Waals surface area (Å²) in [4.78, 5) is 12.8. The van der Waals surface area contributed by atoms with Gasteiger partial charge in [-0.05, 0) is 6.42 Å². The molecule has 2 rings (SSSR count). The van der Waals surface area contributed by atoms with Crippen molar-refractivity contribution in [3.63, 3.8) is 0 Å². The third kappa shape index (κ3) is 2.28. The van der Waals surface area contributed by atoms with Crippen LogP contribution in [-0.2, 0) is 4.79 Å². The van der Waals surface area contributed by atoms with E-state index >= 15 is 0 Å². The van der Waals surface area contributed by atoms with E-state index in [1.807, 2.05) is 0 Å². The summed E-state index contributed by atoms with van der Waals surface area (Å²) in [5, 5.41) is 24.8. The van der Waals surface area contributed by atoms with Crippen LogP contribution >= 0.6 is 0 Å². The number of carboxylic acid groups (broad SMARTS) is 1. The molecule has 0 amide bonds. The molecule has 2 saturated heterocycles. The lowest BCUT2D eigenvalue weighted by Crippen LogP contribution is -2.65. The van der Waals surface area contributed by atoms with Crippen LogP contribution in [0.25, 0.3) is 0 Å².